The molecule has 6 nitrogen and oxygen atoms in total. The molecule has 0 aliphatic carbocycles. The van der Waals surface area contributed by atoms with Gasteiger partial charge >= 0.3 is 0 Å². The molecule has 166 valence electrons. The van der Waals surface area contributed by atoms with E-state index in [0.29, 0.717) is 5.56 Å². The molecule has 1 aromatic heterocycles. The number of amides is 1. The highest BCUT2D eigenvalue weighted by Gasteiger charge is 2.08. The molecule has 4 aromatic rings. The predicted molar refractivity (Wildman–Crippen MR) is 138 cm³/mol. The molecule has 2 N–H and O–H groups in total. The standard InChI is InChI=1S/C26H25N5OS/c1-18-4-12-22(13-5-18)28-26-29-24(17-33-26)20-8-10-21(11-9-20)25(32)30-27-16-19-6-14-23(15-7-19)31(2)3/h4-17H,1-3H3,(H,28,29)(H,30,32)/b27-16+. The summed E-state index contributed by atoms with van der Waals surface area (Å²) in [4.78, 5) is 19.1. The van der Waals surface area contributed by atoms with Crippen molar-refractivity contribution >= 4 is 40.0 Å². The van der Waals surface area contributed by atoms with Gasteiger partial charge in [0.25, 0.3) is 5.91 Å². The zero-order valence-corrected chi connectivity index (χ0v) is 19.6. The predicted octanol–water partition coefficient (Wildman–Crippen LogP) is 5.69. The van der Waals surface area contributed by atoms with E-state index in [2.05, 4.69) is 39.9 Å². The third-order valence-corrected chi connectivity index (χ3v) is 5.80. The number of carbonyl (C=O) groups excluding carboxylic acids is 1. The maximum Gasteiger partial charge on any atom is 0.271 e. The van der Waals surface area contributed by atoms with E-state index in [4.69, 9.17) is 0 Å². The zero-order chi connectivity index (χ0) is 23.2. The van der Waals surface area contributed by atoms with E-state index in [0.717, 1.165) is 33.3 Å². The van der Waals surface area contributed by atoms with Crippen LogP contribution in [0.2, 0.25) is 0 Å². The minimum atomic E-state index is -0.261. The Bertz CT molecular complexity index is 1240. The topological polar surface area (TPSA) is 69.6 Å². The third-order valence-electron chi connectivity index (χ3n) is 5.04. The van der Waals surface area contributed by atoms with Gasteiger partial charge in [-0.3, -0.25) is 4.79 Å². The molecule has 0 aliphatic heterocycles. The van der Waals surface area contributed by atoms with Crippen molar-refractivity contribution in [3.63, 3.8) is 0 Å². The summed E-state index contributed by atoms with van der Waals surface area (Å²) in [6.07, 6.45) is 1.63. The first kappa shape index (κ1) is 22.2. The van der Waals surface area contributed by atoms with Crippen LogP contribution < -0.4 is 15.6 Å². The number of anilines is 3. The van der Waals surface area contributed by atoms with Crippen molar-refractivity contribution in [2.24, 2.45) is 5.10 Å². The molecule has 0 spiro atoms. The maximum atomic E-state index is 12.4. The summed E-state index contributed by atoms with van der Waals surface area (Å²) in [5, 5.41) is 10.2. The summed E-state index contributed by atoms with van der Waals surface area (Å²) in [5.41, 5.74) is 9.16. The molecule has 0 unspecified atom stereocenters. The molecule has 0 radical (unpaired) electrons. The highest BCUT2D eigenvalue weighted by atomic mass is 32.1. The Kier molecular flexibility index (Phi) is 6.80. The molecule has 0 bridgehead atoms. The lowest BCUT2D eigenvalue weighted by atomic mass is 10.1. The summed E-state index contributed by atoms with van der Waals surface area (Å²) >= 11 is 1.54. The molecule has 1 amide bonds. The van der Waals surface area contributed by atoms with Crippen molar-refractivity contribution in [1.29, 1.82) is 0 Å². The smallest absolute Gasteiger partial charge is 0.271 e. The number of nitrogens with one attached hydrogen (secondary N) is 2. The van der Waals surface area contributed by atoms with Crippen LogP contribution in [0.4, 0.5) is 16.5 Å². The Morgan fingerprint density at radius 2 is 1.67 bits per heavy atom. The van der Waals surface area contributed by atoms with Gasteiger partial charge in [-0.05, 0) is 48.9 Å². The molecule has 0 atom stereocenters. The Labute approximate surface area is 197 Å². The Hall–Kier alpha value is -3.97. The van der Waals surface area contributed by atoms with Gasteiger partial charge in [-0.25, -0.2) is 10.4 Å². The number of rotatable bonds is 7. The average Bonchev–Trinajstić information content (AvgIpc) is 3.29. The molecule has 0 aliphatic rings. The van der Waals surface area contributed by atoms with E-state index >= 15 is 0 Å². The second-order valence-electron chi connectivity index (χ2n) is 7.79. The second kappa shape index (κ2) is 10.1. The van der Waals surface area contributed by atoms with Gasteiger partial charge < -0.3 is 10.2 Å². The van der Waals surface area contributed by atoms with Crippen molar-refractivity contribution in [1.82, 2.24) is 10.4 Å². The first-order valence-corrected chi connectivity index (χ1v) is 11.4. The lowest BCUT2D eigenvalue weighted by Gasteiger charge is -2.11. The fraction of sp³-hybridized carbons (Fsp3) is 0.115. The number of hydrogen-bond donors (Lipinski definition) is 2. The number of aromatic nitrogens is 1. The maximum absolute atomic E-state index is 12.4. The molecular formula is C26H25N5OS. The first-order chi connectivity index (χ1) is 16.0. The molecule has 0 saturated heterocycles. The number of benzene rings is 3. The Morgan fingerprint density at radius 3 is 2.33 bits per heavy atom. The van der Waals surface area contributed by atoms with Gasteiger partial charge in [0.1, 0.15) is 0 Å². The minimum absolute atomic E-state index is 0.261. The first-order valence-electron chi connectivity index (χ1n) is 10.5. The van der Waals surface area contributed by atoms with Crippen LogP contribution >= 0.6 is 11.3 Å². The van der Waals surface area contributed by atoms with E-state index in [1.165, 1.54) is 5.56 Å². The van der Waals surface area contributed by atoms with Gasteiger partial charge in [0.2, 0.25) is 0 Å². The molecule has 0 fully saturated rings. The van der Waals surface area contributed by atoms with Crippen LogP contribution in [0.25, 0.3) is 11.3 Å². The fourth-order valence-electron chi connectivity index (χ4n) is 3.10. The number of thiazole rings is 1. The van der Waals surface area contributed by atoms with Crippen molar-refractivity contribution in [3.8, 4) is 11.3 Å². The zero-order valence-electron chi connectivity index (χ0n) is 18.7. The van der Waals surface area contributed by atoms with Crippen LogP contribution in [0.1, 0.15) is 21.5 Å². The summed E-state index contributed by atoms with van der Waals surface area (Å²) in [6, 6.07) is 23.4. The number of hydrogen-bond acceptors (Lipinski definition) is 6. The fourth-order valence-corrected chi connectivity index (χ4v) is 3.84. The second-order valence-corrected chi connectivity index (χ2v) is 8.65. The largest absolute Gasteiger partial charge is 0.378 e. The van der Waals surface area contributed by atoms with Gasteiger partial charge in [0.15, 0.2) is 5.13 Å². The highest BCUT2D eigenvalue weighted by Crippen LogP contribution is 2.27. The molecule has 3 aromatic carbocycles. The van der Waals surface area contributed by atoms with Crippen molar-refractivity contribution in [3.05, 3.63) is 94.9 Å². The normalized spacial score (nSPS) is 10.9. The van der Waals surface area contributed by atoms with E-state index in [-0.39, 0.29) is 5.91 Å². The van der Waals surface area contributed by atoms with Crippen molar-refractivity contribution in [2.75, 3.05) is 24.3 Å². The van der Waals surface area contributed by atoms with E-state index in [9.17, 15) is 4.79 Å². The van der Waals surface area contributed by atoms with Gasteiger partial charge in [0, 0.05) is 42.0 Å². The SMILES string of the molecule is Cc1ccc(Nc2nc(-c3ccc(C(=O)N/N=C/c4ccc(N(C)C)cc4)cc3)cs2)cc1. The summed E-state index contributed by atoms with van der Waals surface area (Å²) in [5.74, 6) is -0.261. The van der Waals surface area contributed by atoms with Gasteiger partial charge in [0.05, 0.1) is 11.9 Å². The number of nitrogens with zero attached hydrogens (tertiary/aromatic N) is 3. The Balaban J connectivity index is 1.35. The molecule has 0 saturated carbocycles. The number of hydrazone groups is 1. The van der Waals surface area contributed by atoms with E-state index in [1.54, 1.807) is 29.7 Å². The van der Waals surface area contributed by atoms with Crippen molar-refractivity contribution < 1.29 is 4.79 Å². The van der Waals surface area contributed by atoms with Gasteiger partial charge in [-0.15, -0.1) is 11.3 Å². The molecule has 7 heteroatoms. The van der Waals surface area contributed by atoms with Crippen LogP contribution in [0.5, 0.6) is 0 Å². The van der Waals surface area contributed by atoms with Crippen molar-refractivity contribution in [2.45, 2.75) is 6.92 Å². The summed E-state index contributed by atoms with van der Waals surface area (Å²) in [7, 11) is 3.98. The van der Waals surface area contributed by atoms with Gasteiger partial charge in [-0.1, -0.05) is 42.0 Å². The Morgan fingerprint density at radius 1 is 0.970 bits per heavy atom. The molecule has 4 rings (SSSR count). The monoisotopic (exact) mass is 455 g/mol. The summed E-state index contributed by atoms with van der Waals surface area (Å²) < 4.78 is 0. The molecule has 1 heterocycles. The van der Waals surface area contributed by atoms with Crippen LogP contribution in [-0.4, -0.2) is 31.2 Å². The van der Waals surface area contributed by atoms with Crippen LogP contribution in [0.15, 0.2) is 83.3 Å². The van der Waals surface area contributed by atoms with Crippen LogP contribution in [0.3, 0.4) is 0 Å². The van der Waals surface area contributed by atoms with E-state index in [1.807, 2.05) is 72.9 Å². The van der Waals surface area contributed by atoms with Crippen LogP contribution in [-0.2, 0) is 0 Å². The minimum Gasteiger partial charge on any atom is -0.378 e. The average molecular weight is 456 g/mol. The highest BCUT2D eigenvalue weighted by molar-refractivity contribution is 7.14. The van der Waals surface area contributed by atoms with Crippen LogP contribution in [0, 0.1) is 6.92 Å². The summed E-state index contributed by atoms with van der Waals surface area (Å²) in [6.45, 7) is 2.06. The quantitative estimate of drug-likeness (QED) is 0.277. The number of carbonyl (C=O) groups is 1. The van der Waals surface area contributed by atoms with E-state index < -0.39 is 0 Å². The van der Waals surface area contributed by atoms with Gasteiger partial charge in [-0.2, -0.15) is 5.10 Å². The molecule has 33 heavy (non-hydrogen) atoms. The number of aryl methyl sites for hydroxylation is 1. The third kappa shape index (κ3) is 5.84. The molecular weight excluding hydrogens is 430 g/mol. The lowest BCUT2D eigenvalue weighted by molar-refractivity contribution is 0.0955. The lowest BCUT2D eigenvalue weighted by Crippen LogP contribution is -2.17.